The van der Waals surface area contributed by atoms with E-state index in [1.807, 2.05) is 0 Å². The van der Waals surface area contributed by atoms with E-state index in [1.165, 1.54) is 173 Å². The van der Waals surface area contributed by atoms with Crippen molar-refractivity contribution in [3.8, 4) is 0 Å². The van der Waals surface area contributed by atoms with Crippen LogP contribution in [0.15, 0.2) is 0 Å². The van der Waals surface area contributed by atoms with Crippen LogP contribution in [0.25, 0.3) is 0 Å². The Morgan fingerprint density at radius 3 is 0.717 bits per heavy atom. The van der Waals surface area contributed by atoms with Gasteiger partial charge in [-0.15, -0.1) is 0 Å². The maximum atomic E-state index is 12.8. The molecule has 6 heteroatoms. The van der Waals surface area contributed by atoms with Gasteiger partial charge in [0, 0.05) is 19.3 Å². The van der Waals surface area contributed by atoms with Crippen molar-refractivity contribution in [2.75, 3.05) is 13.2 Å². The summed E-state index contributed by atoms with van der Waals surface area (Å²) < 4.78 is 16.8. The summed E-state index contributed by atoms with van der Waals surface area (Å²) in [5.41, 5.74) is 0. The molecule has 0 rings (SSSR count). The molecule has 0 aliphatic rings. The number of hydrogen-bond donors (Lipinski definition) is 0. The fraction of sp³-hybridized carbons (Fsp3) is 0.944. The van der Waals surface area contributed by atoms with Crippen LogP contribution < -0.4 is 0 Å². The summed E-state index contributed by atoms with van der Waals surface area (Å²) in [5.74, 6) is 1.60. The minimum atomic E-state index is -0.763. The molecule has 356 valence electrons. The third-order valence-electron chi connectivity index (χ3n) is 12.1. The third kappa shape index (κ3) is 47.5. The third-order valence-corrected chi connectivity index (χ3v) is 12.1. The number of unbranched alkanes of at least 4 members (excludes halogenated alkanes) is 30. The Morgan fingerprint density at radius 2 is 0.483 bits per heavy atom. The van der Waals surface area contributed by atoms with Crippen LogP contribution in [0, 0.1) is 17.8 Å². The van der Waals surface area contributed by atoms with Crippen LogP contribution in [-0.4, -0.2) is 37.2 Å². The molecule has 0 heterocycles. The highest BCUT2D eigenvalue weighted by Crippen LogP contribution is 2.18. The zero-order valence-corrected chi connectivity index (χ0v) is 41.3. The predicted molar refractivity (Wildman–Crippen MR) is 256 cm³/mol. The van der Waals surface area contributed by atoms with Crippen molar-refractivity contribution < 1.29 is 28.6 Å². The summed E-state index contributed by atoms with van der Waals surface area (Å²) in [6.45, 7) is 13.7. The molecular weight excluding hydrogens is 745 g/mol. The van der Waals surface area contributed by atoms with Crippen molar-refractivity contribution in [2.45, 2.75) is 298 Å². The van der Waals surface area contributed by atoms with Crippen molar-refractivity contribution in [3.05, 3.63) is 0 Å². The molecule has 0 saturated carbocycles. The zero-order valence-electron chi connectivity index (χ0n) is 41.3. The van der Waals surface area contributed by atoms with Gasteiger partial charge in [-0.3, -0.25) is 14.4 Å². The van der Waals surface area contributed by atoms with E-state index in [0.717, 1.165) is 75.5 Å². The fourth-order valence-electron chi connectivity index (χ4n) is 8.12. The molecule has 0 unspecified atom stereocenters. The topological polar surface area (TPSA) is 78.9 Å². The van der Waals surface area contributed by atoms with E-state index in [1.54, 1.807) is 0 Å². The smallest absolute Gasteiger partial charge is 0.306 e. The molecular formula is C54H104O6. The standard InChI is InChI=1S/C54H104O6/c1-48(2)40-34-28-22-17-13-9-7-8-10-15-19-25-31-37-43-52(55)58-46-51(60-54(57)45-39-33-27-21-24-30-36-42-50(5)6)47-59-53(56)44-38-32-26-20-16-12-11-14-18-23-29-35-41-49(3)4/h48-51H,7-47H2,1-6H3/t51-/m1/s1. The van der Waals surface area contributed by atoms with Crippen LogP contribution >= 0.6 is 0 Å². The summed E-state index contributed by atoms with van der Waals surface area (Å²) in [7, 11) is 0. The molecule has 0 aliphatic heterocycles. The van der Waals surface area contributed by atoms with Gasteiger partial charge in [-0.2, -0.15) is 0 Å². The van der Waals surface area contributed by atoms with Crippen LogP contribution in [0.4, 0.5) is 0 Å². The van der Waals surface area contributed by atoms with Crippen LogP contribution in [-0.2, 0) is 28.6 Å². The predicted octanol–water partition coefficient (Wildman–Crippen LogP) is 17.2. The van der Waals surface area contributed by atoms with E-state index in [9.17, 15) is 14.4 Å². The van der Waals surface area contributed by atoms with Gasteiger partial charge in [0.05, 0.1) is 0 Å². The maximum Gasteiger partial charge on any atom is 0.306 e. The molecule has 60 heavy (non-hydrogen) atoms. The van der Waals surface area contributed by atoms with Crippen molar-refractivity contribution in [1.82, 2.24) is 0 Å². The minimum absolute atomic E-state index is 0.0650. The van der Waals surface area contributed by atoms with Gasteiger partial charge in [-0.05, 0) is 37.0 Å². The lowest BCUT2D eigenvalue weighted by Crippen LogP contribution is -2.30. The Kier molecular flexibility index (Phi) is 44.2. The van der Waals surface area contributed by atoms with Gasteiger partial charge in [0.1, 0.15) is 13.2 Å². The number of carbonyl (C=O) groups excluding carboxylic acids is 3. The van der Waals surface area contributed by atoms with Gasteiger partial charge in [-0.1, -0.05) is 253 Å². The quantitative estimate of drug-likeness (QED) is 0.0345. The van der Waals surface area contributed by atoms with E-state index in [2.05, 4.69) is 41.5 Å². The molecule has 0 aliphatic carbocycles. The first-order valence-electron chi connectivity index (χ1n) is 26.6. The van der Waals surface area contributed by atoms with E-state index in [0.29, 0.717) is 19.3 Å². The van der Waals surface area contributed by atoms with Gasteiger partial charge < -0.3 is 14.2 Å². The summed E-state index contributed by atoms with van der Waals surface area (Å²) in [6, 6.07) is 0. The molecule has 0 aromatic rings. The highest BCUT2D eigenvalue weighted by molar-refractivity contribution is 5.71. The second kappa shape index (κ2) is 45.4. The number of esters is 3. The van der Waals surface area contributed by atoms with Crippen LogP contribution in [0.3, 0.4) is 0 Å². The Labute approximate surface area is 374 Å². The molecule has 0 aromatic carbocycles. The largest absolute Gasteiger partial charge is 0.462 e. The second-order valence-corrected chi connectivity index (χ2v) is 19.9. The van der Waals surface area contributed by atoms with Crippen molar-refractivity contribution in [3.63, 3.8) is 0 Å². The van der Waals surface area contributed by atoms with E-state index in [-0.39, 0.29) is 31.1 Å². The molecule has 0 fully saturated rings. The number of hydrogen-bond acceptors (Lipinski definition) is 6. The van der Waals surface area contributed by atoms with Gasteiger partial charge in [-0.25, -0.2) is 0 Å². The minimum Gasteiger partial charge on any atom is -0.462 e. The first-order valence-corrected chi connectivity index (χ1v) is 26.6. The average Bonchev–Trinajstić information content (AvgIpc) is 3.20. The monoisotopic (exact) mass is 849 g/mol. The van der Waals surface area contributed by atoms with E-state index < -0.39 is 6.10 Å². The molecule has 0 spiro atoms. The number of rotatable bonds is 47. The molecule has 1 atom stereocenters. The Morgan fingerprint density at radius 1 is 0.283 bits per heavy atom. The lowest BCUT2D eigenvalue weighted by atomic mass is 10.0. The van der Waals surface area contributed by atoms with Crippen LogP contribution in [0.5, 0.6) is 0 Å². The van der Waals surface area contributed by atoms with Crippen LogP contribution in [0.2, 0.25) is 0 Å². The summed E-state index contributed by atoms with van der Waals surface area (Å²) in [5, 5.41) is 0. The fourth-order valence-corrected chi connectivity index (χ4v) is 8.12. The Balaban J connectivity index is 4.26. The van der Waals surface area contributed by atoms with Crippen molar-refractivity contribution in [2.24, 2.45) is 17.8 Å². The molecule has 0 saturated heterocycles. The zero-order chi connectivity index (χ0) is 44.2. The highest BCUT2D eigenvalue weighted by atomic mass is 16.6. The summed E-state index contributed by atoms with van der Waals surface area (Å²) in [4.78, 5) is 37.9. The SMILES string of the molecule is CC(C)CCCCCCCCCCCCCCCCC(=O)OC[C@H](COC(=O)CCCCCCCCCCCCCCC(C)C)OC(=O)CCCCCCCCCC(C)C. The van der Waals surface area contributed by atoms with Gasteiger partial charge in [0.2, 0.25) is 0 Å². The van der Waals surface area contributed by atoms with Crippen molar-refractivity contribution >= 4 is 17.9 Å². The average molecular weight is 849 g/mol. The summed E-state index contributed by atoms with van der Waals surface area (Å²) >= 11 is 0. The molecule has 0 amide bonds. The first kappa shape index (κ1) is 58.4. The molecule has 0 radical (unpaired) electrons. The van der Waals surface area contributed by atoms with Gasteiger partial charge in [0.15, 0.2) is 6.10 Å². The highest BCUT2D eigenvalue weighted by Gasteiger charge is 2.19. The normalized spacial score (nSPS) is 12.2. The summed E-state index contributed by atoms with van der Waals surface area (Å²) in [6.07, 6.45) is 45.3. The van der Waals surface area contributed by atoms with E-state index >= 15 is 0 Å². The Hall–Kier alpha value is -1.59. The van der Waals surface area contributed by atoms with Crippen LogP contribution in [0.1, 0.15) is 292 Å². The molecule has 6 nitrogen and oxygen atoms in total. The maximum absolute atomic E-state index is 12.8. The molecule has 0 bridgehead atoms. The second-order valence-electron chi connectivity index (χ2n) is 19.9. The first-order chi connectivity index (χ1) is 29.1. The number of carbonyl (C=O) groups is 3. The number of ether oxygens (including phenoxy) is 3. The van der Waals surface area contributed by atoms with Crippen molar-refractivity contribution in [1.29, 1.82) is 0 Å². The molecule has 0 aromatic heterocycles. The van der Waals surface area contributed by atoms with E-state index in [4.69, 9.17) is 14.2 Å². The van der Waals surface area contributed by atoms with Gasteiger partial charge >= 0.3 is 17.9 Å². The Bertz CT molecular complexity index is 929. The van der Waals surface area contributed by atoms with Gasteiger partial charge in [0.25, 0.3) is 0 Å². The lowest BCUT2D eigenvalue weighted by Gasteiger charge is -2.18. The molecule has 0 N–H and O–H groups in total. The lowest BCUT2D eigenvalue weighted by molar-refractivity contribution is -0.167.